The summed E-state index contributed by atoms with van der Waals surface area (Å²) in [5.74, 6) is 0.893. The Hall–Kier alpha value is -1.74. The van der Waals surface area contributed by atoms with Crippen LogP contribution in [0.15, 0.2) is 53.4 Å². The number of ether oxygens (including phenoxy) is 1. The molecule has 0 atom stereocenters. The largest absolute Gasteiger partial charge is 0.497 e. The van der Waals surface area contributed by atoms with Gasteiger partial charge in [-0.2, -0.15) is 0 Å². The van der Waals surface area contributed by atoms with Gasteiger partial charge in [-0.05, 0) is 35.9 Å². The topological polar surface area (TPSA) is 26.3 Å². The number of ketones is 1. The molecular formula is C19H22O2S. The van der Waals surface area contributed by atoms with Gasteiger partial charge in [-0.3, -0.25) is 4.79 Å². The number of methoxy groups -OCH3 is 1. The van der Waals surface area contributed by atoms with Crippen molar-refractivity contribution in [1.82, 2.24) is 0 Å². The number of carbonyl (C=O) groups is 1. The zero-order chi connectivity index (χ0) is 16.2. The summed E-state index contributed by atoms with van der Waals surface area (Å²) in [6.45, 7) is 6.54. The molecule has 116 valence electrons. The molecule has 0 aliphatic heterocycles. The van der Waals surface area contributed by atoms with Crippen molar-refractivity contribution in [2.75, 3.05) is 7.11 Å². The maximum absolute atomic E-state index is 12.5. The van der Waals surface area contributed by atoms with Crippen LogP contribution in [0, 0.1) is 0 Å². The highest BCUT2D eigenvalue weighted by molar-refractivity contribution is 8.00. The van der Waals surface area contributed by atoms with Crippen LogP contribution in [0.3, 0.4) is 0 Å². The highest BCUT2D eigenvalue weighted by Crippen LogP contribution is 2.34. The fourth-order valence-electron chi connectivity index (χ4n) is 2.13. The van der Waals surface area contributed by atoms with E-state index in [9.17, 15) is 4.79 Å². The van der Waals surface area contributed by atoms with Crippen LogP contribution in [0.5, 0.6) is 5.75 Å². The summed E-state index contributed by atoms with van der Waals surface area (Å²) in [4.78, 5) is 13.7. The molecule has 2 aromatic carbocycles. The first kappa shape index (κ1) is 16.6. The minimum atomic E-state index is 0.124. The predicted octanol–water partition coefficient (Wildman–Crippen LogP) is 5.01. The van der Waals surface area contributed by atoms with Crippen LogP contribution in [0.1, 0.15) is 36.7 Å². The van der Waals surface area contributed by atoms with E-state index in [1.165, 1.54) is 4.90 Å². The molecule has 0 fully saturated rings. The molecule has 22 heavy (non-hydrogen) atoms. The minimum Gasteiger partial charge on any atom is -0.497 e. The van der Waals surface area contributed by atoms with E-state index in [-0.39, 0.29) is 10.5 Å². The van der Waals surface area contributed by atoms with Crippen LogP contribution in [0.25, 0.3) is 0 Å². The molecule has 0 radical (unpaired) electrons. The zero-order valence-electron chi connectivity index (χ0n) is 13.6. The van der Waals surface area contributed by atoms with Crippen LogP contribution in [-0.2, 0) is 6.42 Å². The monoisotopic (exact) mass is 314 g/mol. The van der Waals surface area contributed by atoms with Crippen molar-refractivity contribution in [2.45, 2.75) is 36.8 Å². The van der Waals surface area contributed by atoms with E-state index >= 15 is 0 Å². The van der Waals surface area contributed by atoms with Gasteiger partial charge in [0.25, 0.3) is 0 Å². The quantitative estimate of drug-likeness (QED) is 0.573. The number of benzene rings is 2. The summed E-state index contributed by atoms with van der Waals surface area (Å²) in [6, 6.07) is 15.4. The third-order valence-electron chi connectivity index (χ3n) is 3.15. The van der Waals surface area contributed by atoms with Gasteiger partial charge in [0.15, 0.2) is 5.78 Å². The van der Waals surface area contributed by atoms with Crippen LogP contribution in [-0.4, -0.2) is 17.6 Å². The summed E-state index contributed by atoms with van der Waals surface area (Å²) in [5, 5.41) is 0. The van der Waals surface area contributed by atoms with Crippen molar-refractivity contribution in [1.29, 1.82) is 0 Å². The highest BCUT2D eigenvalue weighted by Gasteiger charge is 2.16. The average Bonchev–Trinajstić information content (AvgIpc) is 2.48. The SMILES string of the molecule is COc1ccc(C(=O)Cc2ccccc2SC(C)(C)C)cc1. The van der Waals surface area contributed by atoms with Crippen LogP contribution >= 0.6 is 11.8 Å². The van der Waals surface area contributed by atoms with E-state index in [1.54, 1.807) is 18.9 Å². The van der Waals surface area contributed by atoms with Crippen LogP contribution in [0.2, 0.25) is 0 Å². The predicted molar refractivity (Wildman–Crippen MR) is 93.1 cm³/mol. The summed E-state index contributed by atoms with van der Waals surface area (Å²) in [7, 11) is 1.62. The Morgan fingerprint density at radius 3 is 2.27 bits per heavy atom. The standard InChI is InChI=1S/C19H22O2S/c1-19(2,3)22-18-8-6-5-7-15(18)13-17(20)14-9-11-16(21-4)12-10-14/h5-12H,13H2,1-4H3. The molecular weight excluding hydrogens is 292 g/mol. The molecule has 2 nitrogen and oxygen atoms in total. The maximum Gasteiger partial charge on any atom is 0.167 e. The third kappa shape index (κ3) is 4.63. The number of carbonyl (C=O) groups excluding carboxylic acids is 1. The lowest BCUT2D eigenvalue weighted by Gasteiger charge is -2.19. The normalized spacial score (nSPS) is 11.3. The molecule has 0 unspecified atom stereocenters. The molecule has 0 amide bonds. The van der Waals surface area contributed by atoms with Crippen molar-refractivity contribution in [3.05, 3.63) is 59.7 Å². The van der Waals surface area contributed by atoms with E-state index < -0.39 is 0 Å². The van der Waals surface area contributed by atoms with Gasteiger partial charge in [0.1, 0.15) is 5.75 Å². The van der Waals surface area contributed by atoms with Crippen LogP contribution in [0.4, 0.5) is 0 Å². The molecule has 2 aromatic rings. The second kappa shape index (κ2) is 7.01. The van der Waals surface area contributed by atoms with Crippen molar-refractivity contribution in [2.24, 2.45) is 0 Å². The van der Waals surface area contributed by atoms with Gasteiger partial charge in [0, 0.05) is 21.6 Å². The molecule has 0 saturated heterocycles. The number of rotatable bonds is 5. The lowest BCUT2D eigenvalue weighted by molar-refractivity contribution is 0.0992. The first-order chi connectivity index (χ1) is 10.4. The van der Waals surface area contributed by atoms with E-state index in [4.69, 9.17) is 4.74 Å². The lowest BCUT2D eigenvalue weighted by atomic mass is 10.0. The second-order valence-electron chi connectivity index (χ2n) is 6.15. The molecule has 0 saturated carbocycles. The molecule has 0 aromatic heterocycles. The number of Topliss-reactive ketones (excluding diaryl/α,β-unsaturated/α-hetero) is 1. The highest BCUT2D eigenvalue weighted by atomic mass is 32.2. The van der Waals surface area contributed by atoms with Gasteiger partial charge in [-0.25, -0.2) is 0 Å². The Balaban J connectivity index is 2.17. The Morgan fingerprint density at radius 1 is 1.05 bits per heavy atom. The first-order valence-corrected chi connectivity index (χ1v) is 8.15. The summed E-state index contributed by atoms with van der Waals surface area (Å²) >= 11 is 1.80. The van der Waals surface area contributed by atoms with Gasteiger partial charge in [-0.15, -0.1) is 11.8 Å². The third-order valence-corrected chi connectivity index (χ3v) is 4.38. The minimum absolute atomic E-state index is 0.124. The van der Waals surface area contributed by atoms with Gasteiger partial charge in [0.2, 0.25) is 0 Å². The molecule has 0 bridgehead atoms. The van der Waals surface area contributed by atoms with Crippen LogP contribution < -0.4 is 4.74 Å². The fraction of sp³-hybridized carbons (Fsp3) is 0.316. The second-order valence-corrected chi connectivity index (χ2v) is 8.02. The van der Waals surface area contributed by atoms with Crippen molar-refractivity contribution >= 4 is 17.5 Å². The van der Waals surface area contributed by atoms with Gasteiger partial charge in [0.05, 0.1) is 7.11 Å². The van der Waals surface area contributed by atoms with Crippen molar-refractivity contribution in [3.63, 3.8) is 0 Å². The Labute approximate surface area is 136 Å². The molecule has 0 aliphatic carbocycles. The van der Waals surface area contributed by atoms with Gasteiger partial charge >= 0.3 is 0 Å². The molecule has 3 heteroatoms. The zero-order valence-corrected chi connectivity index (χ0v) is 14.4. The maximum atomic E-state index is 12.5. The van der Waals surface area contributed by atoms with E-state index in [2.05, 4.69) is 26.8 Å². The molecule has 0 N–H and O–H groups in total. The molecule has 2 rings (SSSR count). The summed E-state index contributed by atoms with van der Waals surface area (Å²) in [6.07, 6.45) is 0.422. The van der Waals surface area contributed by atoms with Crippen molar-refractivity contribution < 1.29 is 9.53 Å². The Bertz CT molecular complexity index is 639. The molecule has 0 heterocycles. The van der Waals surface area contributed by atoms with Gasteiger partial charge < -0.3 is 4.74 Å². The number of hydrogen-bond acceptors (Lipinski definition) is 3. The Kier molecular flexibility index (Phi) is 5.30. The van der Waals surface area contributed by atoms with E-state index in [0.29, 0.717) is 6.42 Å². The smallest absolute Gasteiger partial charge is 0.167 e. The molecule has 0 spiro atoms. The number of hydrogen-bond donors (Lipinski definition) is 0. The fourth-order valence-corrected chi connectivity index (χ4v) is 3.21. The summed E-state index contributed by atoms with van der Waals surface area (Å²) < 4.78 is 5.25. The lowest BCUT2D eigenvalue weighted by Crippen LogP contribution is -2.09. The van der Waals surface area contributed by atoms with Gasteiger partial charge in [-0.1, -0.05) is 39.0 Å². The first-order valence-electron chi connectivity index (χ1n) is 7.33. The molecule has 0 aliphatic rings. The average molecular weight is 314 g/mol. The summed E-state index contributed by atoms with van der Waals surface area (Å²) in [5.41, 5.74) is 1.81. The van der Waals surface area contributed by atoms with E-state index in [1.807, 2.05) is 42.5 Å². The van der Waals surface area contributed by atoms with Crippen molar-refractivity contribution in [3.8, 4) is 5.75 Å². The number of thioether (sulfide) groups is 1. The Morgan fingerprint density at radius 2 is 1.68 bits per heavy atom. The van der Waals surface area contributed by atoms with E-state index in [0.717, 1.165) is 16.9 Å².